The Labute approximate surface area is 135 Å². The van der Waals surface area contributed by atoms with E-state index in [2.05, 4.69) is 13.8 Å². The standard InChI is InChI=1S/C16H30O2S2/c1-3-5-10-14(19)12-13(15(20)8-4-2)9-6-7-11-16(17)18/h13-14,19H,3-12H2,1-2H3,(H,17,18). The molecule has 0 bridgehead atoms. The largest absolute Gasteiger partial charge is 0.481 e. The Bertz CT molecular complexity index is 280. The minimum atomic E-state index is -0.701. The molecular weight excluding hydrogens is 288 g/mol. The van der Waals surface area contributed by atoms with E-state index >= 15 is 0 Å². The van der Waals surface area contributed by atoms with Crippen LogP contribution in [0.1, 0.15) is 78.1 Å². The van der Waals surface area contributed by atoms with Crippen molar-refractivity contribution in [3.05, 3.63) is 0 Å². The van der Waals surface area contributed by atoms with E-state index in [9.17, 15) is 4.79 Å². The maximum absolute atomic E-state index is 10.5. The van der Waals surface area contributed by atoms with Gasteiger partial charge in [-0.15, -0.1) is 0 Å². The molecule has 0 saturated carbocycles. The van der Waals surface area contributed by atoms with Gasteiger partial charge < -0.3 is 5.11 Å². The van der Waals surface area contributed by atoms with E-state index in [1.807, 2.05) is 0 Å². The molecule has 0 aromatic rings. The zero-order valence-electron chi connectivity index (χ0n) is 12.9. The molecule has 0 aliphatic rings. The van der Waals surface area contributed by atoms with Gasteiger partial charge >= 0.3 is 5.97 Å². The highest BCUT2D eigenvalue weighted by molar-refractivity contribution is 7.81. The van der Waals surface area contributed by atoms with Gasteiger partial charge in [-0.3, -0.25) is 4.79 Å². The molecule has 0 aromatic carbocycles. The van der Waals surface area contributed by atoms with Crippen molar-refractivity contribution in [2.75, 3.05) is 0 Å². The van der Waals surface area contributed by atoms with Crippen LogP contribution in [0.3, 0.4) is 0 Å². The summed E-state index contributed by atoms with van der Waals surface area (Å²) in [6.07, 6.45) is 9.74. The van der Waals surface area contributed by atoms with Crippen molar-refractivity contribution in [1.29, 1.82) is 0 Å². The molecule has 0 aliphatic heterocycles. The molecule has 2 atom stereocenters. The molecule has 2 nitrogen and oxygen atoms in total. The lowest BCUT2D eigenvalue weighted by molar-refractivity contribution is -0.137. The molecule has 0 saturated heterocycles. The van der Waals surface area contributed by atoms with E-state index in [0.29, 0.717) is 11.2 Å². The predicted octanol–water partition coefficient (Wildman–Crippen LogP) is 5.30. The number of hydrogen-bond acceptors (Lipinski definition) is 3. The fraction of sp³-hybridized carbons (Fsp3) is 0.875. The van der Waals surface area contributed by atoms with Crippen LogP contribution in [0, 0.1) is 5.92 Å². The molecule has 118 valence electrons. The third-order valence-corrected chi connectivity index (χ3v) is 4.60. The average Bonchev–Trinajstić information content (AvgIpc) is 2.39. The van der Waals surface area contributed by atoms with Gasteiger partial charge in [-0.25, -0.2) is 0 Å². The summed E-state index contributed by atoms with van der Waals surface area (Å²) < 4.78 is 0. The van der Waals surface area contributed by atoms with Crippen LogP contribution >= 0.6 is 24.8 Å². The first-order chi connectivity index (χ1) is 9.51. The van der Waals surface area contributed by atoms with Gasteiger partial charge in [-0.1, -0.05) is 51.7 Å². The summed E-state index contributed by atoms with van der Waals surface area (Å²) in [5, 5.41) is 9.10. The highest BCUT2D eigenvalue weighted by atomic mass is 32.1. The first-order valence-corrected chi connectivity index (χ1v) is 8.86. The fourth-order valence-electron chi connectivity index (χ4n) is 2.41. The number of carboxylic acids is 1. The molecule has 0 heterocycles. The van der Waals surface area contributed by atoms with Gasteiger partial charge in [0.05, 0.1) is 0 Å². The Morgan fingerprint density at radius 3 is 2.35 bits per heavy atom. The molecule has 2 unspecified atom stereocenters. The van der Waals surface area contributed by atoms with Crippen LogP contribution in [0.4, 0.5) is 0 Å². The van der Waals surface area contributed by atoms with Crippen molar-refractivity contribution < 1.29 is 9.90 Å². The van der Waals surface area contributed by atoms with Gasteiger partial charge in [0, 0.05) is 11.7 Å². The molecule has 4 heteroatoms. The third kappa shape index (κ3) is 10.7. The highest BCUT2D eigenvalue weighted by Gasteiger charge is 2.17. The smallest absolute Gasteiger partial charge is 0.303 e. The predicted molar refractivity (Wildman–Crippen MR) is 94.0 cm³/mol. The Morgan fingerprint density at radius 1 is 1.10 bits per heavy atom. The molecule has 0 aromatic heterocycles. The first kappa shape index (κ1) is 19.9. The quantitative estimate of drug-likeness (QED) is 0.275. The second kappa shape index (κ2) is 12.6. The van der Waals surface area contributed by atoms with E-state index in [1.165, 1.54) is 17.7 Å². The van der Waals surface area contributed by atoms with Crippen molar-refractivity contribution in [1.82, 2.24) is 0 Å². The lowest BCUT2D eigenvalue weighted by Gasteiger charge is -2.21. The van der Waals surface area contributed by atoms with Gasteiger partial charge in [0.15, 0.2) is 0 Å². The Kier molecular flexibility index (Phi) is 12.6. The van der Waals surface area contributed by atoms with Crippen molar-refractivity contribution in [2.45, 2.75) is 83.3 Å². The third-order valence-electron chi connectivity index (χ3n) is 3.59. The molecule has 0 aliphatic carbocycles. The number of hydrogen-bond donors (Lipinski definition) is 2. The number of rotatable bonds is 13. The van der Waals surface area contributed by atoms with E-state index in [4.69, 9.17) is 30.0 Å². The minimum absolute atomic E-state index is 0.271. The molecular formula is C16H30O2S2. The Morgan fingerprint density at radius 2 is 1.80 bits per heavy atom. The number of thiol groups is 1. The second-order valence-electron chi connectivity index (χ2n) is 5.58. The summed E-state index contributed by atoms with van der Waals surface area (Å²) in [6.45, 7) is 4.36. The topological polar surface area (TPSA) is 37.3 Å². The Balaban J connectivity index is 4.19. The van der Waals surface area contributed by atoms with Crippen LogP contribution in [-0.2, 0) is 4.79 Å². The van der Waals surface area contributed by atoms with Crippen LogP contribution in [0.15, 0.2) is 0 Å². The maximum Gasteiger partial charge on any atom is 0.303 e. The van der Waals surface area contributed by atoms with Gasteiger partial charge in [0.25, 0.3) is 0 Å². The monoisotopic (exact) mass is 318 g/mol. The van der Waals surface area contributed by atoms with Crippen LogP contribution in [-0.4, -0.2) is 21.2 Å². The summed E-state index contributed by atoms with van der Waals surface area (Å²) in [5.41, 5.74) is 0. The van der Waals surface area contributed by atoms with Crippen LogP contribution in [0.2, 0.25) is 0 Å². The lowest BCUT2D eigenvalue weighted by Crippen LogP contribution is -2.17. The van der Waals surface area contributed by atoms with Gasteiger partial charge in [0.1, 0.15) is 0 Å². The Hall–Kier alpha value is -0.0900. The van der Waals surface area contributed by atoms with Gasteiger partial charge in [-0.2, -0.15) is 12.6 Å². The summed E-state index contributed by atoms with van der Waals surface area (Å²) in [7, 11) is 0. The minimum Gasteiger partial charge on any atom is -0.481 e. The summed E-state index contributed by atoms with van der Waals surface area (Å²) in [6, 6.07) is 0. The first-order valence-electron chi connectivity index (χ1n) is 7.93. The number of unbranched alkanes of at least 4 members (excludes halogenated alkanes) is 2. The maximum atomic E-state index is 10.5. The summed E-state index contributed by atoms with van der Waals surface area (Å²) in [4.78, 5) is 11.7. The SMILES string of the molecule is CCCCC(S)CC(CCCCC(=O)O)C(=S)CCC. The van der Waals surface area contributed by atoms with Crippen molar-refractivity contribution >= 4 is 35.7 Å². The van der Waals surface area contributed by atoms with E-state index in [1.54, 1.807) is 0 Å². The average molecular weight is 319 g/mol. The number of thiocarbonyl (C=S) groups is 1. The van der Waals surface area contributed by atoms with E-state index < -0.39 is 5.97 Å². The number of carboxylic acid groups (broad SMARTS) is 1. The molecule has 0 rings (SSSR count). The van der Waals surface area contributed by atoms with Gasteiger partial charge in [0.2, 0.25) is 0 Å². The molecule has 0 fully saturated rings. The number of aliphatic carboxylic acids is 1. The van der Waals surface area contributed by atoms with E-state index in [0.717, 1.165) is 44.9 Å². The van der Waals surface area contributed by atoms with Crippen LogP contribution in [0.5, 0.6) is 0 Å². The normalized spacial score (nSPS) is 13.9. The molecule has 0 amide bonds. The van der Waals surface area contributed by atoms with Crippen LogP contribution < -0.4 is 0 Å². The fourth-order valence-corrected chi connectivity index (χ4v) is 3.27. The highest BCUT2D eigenvalue weighted by Crippen LogP contribution is 2.24. The zero-order valence-corrected chi connectivity index (χ0v) is 14.6. The molecule has 0 spiro atoms. The van der Waals surface area contributed by atoms with Gasteiger partial charge in [-0.05, 0) is 42.9 Å². The lowest BCUT2D eigenvalue weighted by atomic mass is 9.89. The molecule has 20 heavy (non-hydrogen) atoms. The molecule has 1 N–H and O–H groups in total. The van der Waals surface area contributed by atoms with Crippen molar-refractivity contribution in [2.24, 2.45) is 5.92 Å². The summed E-state index contributed by atoms with van der Waals surface area (Å²) >= 11 is 10.2. The van der Waals surface area contributed by atoms with E-state index in [-0.39, 0.29) is 6.42 Å². The second-order valence-corrected chi connectivity index (χ2v) is 6.84. The summed E-state index contributed by atoms with van der Waals surface area (Å²) in [5.74, 6) is -0.259. The van der Waals surface area contributed by atoms with Crippen LogP contribution in [0.25, 0.3) is 0 Å². The zero-order chi connectivity index (χ0) is 15.4. The van der Waals surface area contributed by atoms with Crippen molar-refractivity contribution in [3.8, 4) is 0 Å². The van der Waals surface area contributed by atoms with Crippen molar-refractivity contribution in [3.63, 3.8) is 0 Å². The molecule has 0 radical (unpaired) electrons. The number of carbonyl (C=O) groups is 1.